The molecular weight excluding hydrogens is 324 g/mol. The van der Waals surface area contributed by atoms with Gasteiger partial charge in [0.15, 0.2) is 0 Å². The Morgan fingerprint density at radius 2 is 2.13 bits per heavy atom. The van der Waals surface area contributed by atoms with Crippen LogP contribution in [0.2, 0.25) is 0 Å². The Morgan fingerprint density at radius 1 is 1.30 bits per heavy atom. The molecule has 2 heterocycles. The SMILES string of the molecule is CC(=O)NCc1ccc(-c2noc(-c3cc(F)ccc3F)n2)s1. The molecule has 0 radical (unpaired) electrons. The predicted octanol–water partition coefficient (Wildman–Crippen LogP) is 3.38. The minimum atomic E-state index is -0.640. The summed E-state index contributed by atoms with van der Waals surface area (Å²) >= 11 is 1.38. The fourth-order valence-electron chi connectivity index (χ4n) is 1.90. The molecule has 0 spiro atoms. The number of aromatic nitrogens is 2. The fraction of sp³-hybridized carbons (Fsp3) is 0.133. The summed E-state index contributed by atoms with van der Waals surface area (Å²) in [4.78, 5) is 16.6. The van der Waals surface area contributed by atoms with Crippen molar-refractivity contribution < 1.29 is 18.1 Å². The number of nitrogens with zero attached hydrogens (tertiary/aromatic N) is 2. The Labute approximate surface area is 134 Å². The standard InChI is InChI=1S/C15H11F2N3O2S/c1-8(21)18-7-10-3-5-13(23-10)14-19-15(22-20-14)11-6-9(16)2-4-12(11)17/h2-6H,7H2,1H3,(H,18,21). The van der Waals surface area contributed by atoms with Gasteiger partial charge in [0.1, 0.15) is 11.6 Å². The third kappa shape index (κ3) is 3.42. The van der Waals surface area contributed by atoms with Crippen LogP contribution in [0.25, 0.3) is 22.2 Å². The summed E-state index contributed by atoms with van der Waals surface area (Å²) in [5, 5.41) is 6.48. The van der Waals surface area contributed by atoms with E-state index in [9.17, 15) is 13.6 Å². The van der Waals surface area contributed by atoms with Crippen LogP contribution < -0.4 is 5.32 Å². The van der Waals surface area contributed by atoms with E-state index in [1.807, 2.05) is 6.07 Å². The van der Waals surface area contributed by atoms with E-state index in [2.05, 4.69) is 15.5 Å². The number of nitrogens with one attached hydrogen (secondary N) is 1. The Kier molecular flexibility index (Phi) is 4.16. The van der Waals surface area contributed by atoms with E-state index in [-0.39, 0.29) is 23.2 Å². The number of halogens is 2. The summed E-state index contributed by atoms with van der Waals surface area (Å²) in [6, 6.07) is 6.63. The second-order valence-corrected chi connectivity index (χ2v) is 5.89. The Hall–Kier alpha value is -2.61. The topological polar surface area (TPSA) is 68.0 Å². The number of carbonyl (C=O) groups is 1. The van der Waals surface area contributed by atoms with Crippen molar-refractivity contribution >= 4 is 17.2 Å². The summed E-state index contributed by atoms with van der Waals surface area (Å²) in [5.41, 5.74) is -0.0845. The van der Waals surface area contributed by atoms with Crippen LogP contribution in [0.1, 0.15) is 11.8 Å². The lowest BCUT2D eigenvalue weighted by molar-refractivity contribution is -0.119. The molecule has 2 aromatic heterocycles. The lowest BCUT2D eigenvalue weighted by Gasteiger charge is -1.97. The molecule has 3 rings (SSSR count). The maximum absolute atomic E-state index is 13.7. The Balaban J connectivity index is 1.84. The van der Waals surface area contributed by atoms with E-state index < -0.39 is 11.6 Å². The van der Waals surface area contributed by atoms with Gasteiger partial charge < -0.3 is 9.84 Å². The van der Waals surface area contributed by atoms with Crippen molar-refractivity contribution in [3.63, 3.8) is 0 Å². The van der Waals surface area contributed by atoms with Crippen LogP contribution in [0, 0.1) is 11.6 Å². The third-order valence-corrected chi connectivity index (χ3v) is 4.06. The quantitative estimate of drug-likeness (QED) is 0.794. The highest BCUT2D eigenvalue weighted by Crippen LogP contribution is 2.29. The van der Waals surface area contributed by atoms with Gasteiger partial charge >= 0.3 is 0 Å². The highest BCUT2D eigenvalue weighted by atomic mass is 32.1. The number of rotatable bonds is 4. The number of amides is 1. The predicted molar refractivity (Wildman–Crippen MR) is 80.5 cm³/mol. The number of benzene rings is 1. The van der Waals surface area contributed by atoms with Gasteiger partial charge in [0.25, 0.3) is 5.89 Å². The molecule has 0 aliphatic heterocycles. The van der Waals surface area contributed by atoms with Crippen molar-refractivity contribution in [2.24, 2.45) is 0 Å². The van der Waals surface area contributed by atoms with E-state index in [1.54, 1.807) is 6.07 Å². The van der Waals surface area contributed by atoms with E-state index in [4.69, 9.17) is 4.52 Å². The van der Waals surface area contributed by atoms with Gasteiger partial charge in [-0.2, -0.15) is 4.98 Å². The second kappa shape index (κ2) is 6.25. The first kappa shape index (κ1) is 15.3. The van der Waals surface area contributed by atoms with Crippen molar-refractivity contribution in [1.29, 1.82) is 0 Å². The zero-order chi connectivity index (χ0) is 16.4. The molecule has 8 heteroatoms. The molecule has 5 nitrogen and oxygen atoms in total. The van der Waals surface area contributed by atoms with E-state index in [0.29, 0.717) is 11.4 Å². The Bertz CT molecular complexity index is 860. The first-order chi connectivity index (χ1) is 11.0. The van der Waals surface area contributed by atoms with Gasteiger partial charge in [-0.15, -0.1) is 11.3 Å². The summed E-state index contributed by atoms with van der Waals surface area (Å²) in [7, 11) is 0. The first-order valence-electron chi connectivity index (χ1n) is 6.65. The van der Waals surface area contributed by atoms with Crippen LogP contribution in [0.5, 0.6) is 0 Å². The highest BCUT2D eigenvalue weighted by molar-refractivity contribution is 7.15. The van der Waals surface area contributed by atoms with Gasteiger partial charge in [0, 0.05) is 11.8 Å². The van der Waals surface area contributed by atoms with Crippen LogP contribution in [0.3, 0.4) is 0 Å². The van der Waals surface area contributed by atoms with Crippen molar-refractivity contribution in [2.45, 2.75) is 13.5 Å². The molecule has 0 aliphatic carbocycles. The molecule has 118 valence electrons. The maximum Gasteiger partial charge on any atom is 0.261 e. The largest absolute Gasteiger partial charge is 0.351 e. The van der Waals surface area contributed by atoms with Crippen molar-refractivity contribution in [2.75, 3.05) is 0 Å². The number of hydrogen-bond acceptors (Lipinski definition) is 5. The van der Waals surface area contributed by atoms with Crippen LogP contribution in [-0.4, -0.2) is 16.0 Å². The minimum absolute atomic E-state index is 0.0845. The zero-order valence-corrected chi connectivity index (χ0v) is 12.8. The van der Waals surface area contributed by atoms with E-state index >= 15 is 0 Å². The van der Waals surface area contributed by atoms with Gasteiger partial charge in [0.2, 0.25) is 11.7 Å². The van der Waals surface area contributed by atoms with Crippen LogP contribution >= 0.6 is 11.3 Å². The molecule has 0 saturated heterocycles. The molecule has 0 aliphatic rings. The average molecular weight is 335 g/mol. The smallest absolute Gasteiger partial charge is 0.261 e. The lowest BCUT2D eigenvalue weighted by atomic mass is 10.2. The summed E-state index contributed by atoms with van der Waals surface area (Å²) in [6.45, 7) is 1.84. The summed E-state index contributed by atoms with van der Waals surface area (Å²) < 4.78 is 32.0. The molecule has 1 amide bonds. The van der Waals surface area contributed by atoms with Gasteiger partial charge in [-0.1, -0.05) is 5.16 Å². The molecule has 0 fully saturated rings. The number of hydrogen-bond donors (Lipinski definition) is 1. The van der Waals surface area contributed by atoms with Gasteiger partial charge in [-0.05, 0) is 30.3 Å². The average Bonchev–Trinajstić information content (AvgIpc) is 3.16. The summed E-state index contributed by atoms with van der Waals surface area (Å²) in [6.07, 6.45) is 0. The van der Waals surface area contributed by atoms with Gasteiger partial charge in [0.05, 0.1) is 17.0 Å². The number of carbonyl (C=O) groups excluding carboxylic acids is 1. The highest BCUT2D eigenvalue weighted by Gasteiger charge is 2.16. The minimum Gasteiger partial charge on any atom is -0.351 e. The van der Waals surface area contributed by atoms with Crippen molar-refractivity contribution in [3.05, 3.63) is 46.8 Å². The first-order valence-corrected chi connectivity index (χ1v) is 7.47. The maximum atomic E-state index is 13.7. The lowest BCUT2D eigenvalue weighted by Crippen LogP contribution is -2.17. The molecule has 1 N–H and O–H groups in total. The summed E-state index contributed by atoms with van der Waals surface area (Å²) in [5.74, 6) is -1.16. The molecule has 0 unspecified atom stereocenters. The number of thiophene rings is 1. The third-order valence-electron chi connectivity index (χ3n) is 2.98. The monoisotopic (exact) mass is 335 g/mol. The molecule has 0 bridgehead atoms. The molecule has 0 atom stereocenters. The van der Waals surface area contributed by atoms with Gasteiger partial charge in [-0.3, -0.25) is 4.79 Å². The van der Waals surface area contributed by atoms with Crippen LogP contribution in [0.4, 0.5) is 8.78 Å². The van der Waals surface area contributed by atoms with Gasteiger partial charge in [-0.25, -0.2) is 8.78 Å². The zero-order valence-electron chi connectivity index (χ0n) is 12.0. The molecule has 23 heavy (non-hydrogen) atoms. The van der Waals surface area contributed by atoms with Crippen LogP contribution in [0.15, 0.2) is 34.9 Å². The normalized spacial score (nSPS) is 10.7. The fourth-order valence-corrected chi connectivity index (χ4v) is 2.77. The molecule has 1 aromatic carbocycles. The molecular formula is C15H11F2N3O2S. The van der Waals surface area contributed by atoms with Crippen molar-refractivity contribution in [3.8, 4) is 22.2 Å². The van der Waals surface area contributed by atoms with E-state index in [0.717, 1.165) is 23.1 Å². The van der Waals surface area contributed by atoms with Crippen LogP contribution in [-0.2, 0) is 11.3 Å². The second-order valence-electron chi connectivity index (χ2n) is 4.72. The molecule has 3 aromatic rings. The van der Waals surface area contributed by atoms with Crippen molar-refractivity contribution in [1.82, 2.24) is 15.5 Å². The Morgan fingerprint density at radius 3 is 2.91 bits per heavy atom. The van der Waals surface area contributed by atoms with E-state index in [1.165, 1.54) is 18.3 Å². The molecule has 0 saturated carbocycles.